The molecule has 3 unspecified atom stereocenters. The number of hydrogen-bond acceptors (Lipinski definition) is 8. The summed E-state index contributed by atoms with van der Waals surface area (Å²) in [6.07, 6.45) is 0.737. The Bertz CT molecular complexity index is 1570. The average Bonchev–Trinajstić information content (AvgIpc) is 3.44. The highest BCUT2D eigenvalue weighted by Crippen LogP contribution is 2.40. The highest BCUT2D eigenvalue weighted by molar-refractivity contribution is 7.97. The quantitative estimate of drug-likeness (QED) is 0.0680. The number of methoxy groups -OCH3 is 1. The lowest BCUT2D eigenvalue weighted by Gasteiger charge is -2.26. The summed E-state index contributed by atoms with van der Waals surface area (Å²) in [5.41, 5.74) is 4.55. The van der Waals surface area contributed by atoms with E-state index in [0.29, 0.717) is 24.6 Å². The summed E-state index contributed by atoms with van der Waals surface area (Å²) in [4.78, 5) is 27.6. The van der Waals surface area contributed by atoms with Crippen LogP contribution in [0, 0.1) is 12.8 Å². The molecule has 0 spiro atoms. The third-order valence-electron chi connectivity index (χ3n) is 7.91. The Morgan fingerprint density at radius 2 is 1.80 bits per heavy atom. The Balaban J connectivity index is 1.36. The second-order valence-electron chi connectivity index (χ2n) is 11.2. The van der Waals surface area contributed by atoms with Crippen LogP contribution in [0.15, 0.2) is 89.8 Å². The molecule has 0 N–H and O–H groups in total. The molecule has 44 heavy (non-hydrogen) atoms. The van der Waals surface area contributed by atoms with E-state index >= 15 is 0 Å². The van der Waals surface area contributed by atoms with Crippen molar-refractivity contribution in [2.45, 2.75) is 57.3 Å². The molecular formula is C36H39NO5S2. The molecule has 1 aromatic heterocycles. The molecule has 4 aromatic rings. The maximum atomic E-state index is 12.8. The molecule has 5 rings (SSSR count). The lowest BCUT2D eigenvalue weighted by molar-refractivity contribution is -0.145. The summed E-state index contributed by atoms with van der Waals surface area (Å²) in [6, 6.07) is 28.6. The first kappa shape index (κ1) is 32.0. The van der Waals surface area contributed by atoms with Crippen molar-refractivity contribution in [1.29, 1.82) is 0 Å². The van der Waals surface area contributed by atoms with Crippen molar-refractivity contribution in [1.82, 2.24) is 4.31 Å². The van der Waals surface area contributed by atoms with Crippen LogP contribution in [0.25, 0.3) is 0 Å². The topological polar surface area (TPSA) is 65.1 Å². The van der Waals surface area contributed by atoms with E-state index in [9.17, 15) is 9.59 Å². The van der Waals surface area contributed by atoms with Crippen LogP contribution in [0.5, 0.6) is 5.75 Å². The number of aryl methyl sites for hydroxylation is 1. The number of ether oxygens (including phenoxy) is 3. The lowest BCUT2D eigenvalue weighted by atomic mass is 9.84. The Hall–Kier alpha value is -3.43. The number of esters is 1. The zero-order valence-electron chi connectivity index (χ0n) is 25.7. The first-order chi connectivity index (χ1) is 21.3. The van der Waals surface area contributed by atoms with Gasteiger partial charge in [-0.15, -0.1) is 11.3 Å². The first-order valence-electron chi connectivity index (χ1n) is 14.9. The molecule has 0 bridgehead atoms. The minimum Gasteiger partial charge on any atom is -0.488 e. The zero-order chi connectivity index (χ0) is 31.1. The molecule has 0 radical (unpaired) electrons. The molecule has 0 fully saturated rings. The van der Waals surface area contributed by atoms with Gasteiger partial charge in [-0.1, -0.05) is 67.6 Å². The fourth-order valence-electron chi connectivity index (χ4n) is 5.45. The van der Waals surface area contributed by atoms with Crippen LogP contribution in [-0.2, 0) is 27.4 Å². The highest BCUT2D eigenvalue weighted by Gasteiger charge is 2.31. The molecule has 1 aliphatic rings. The predicted molar refractivity (Wildman–Crippen MR) is 176 cm³/mol. The molecule has 6 nitrogen and oxygen atoms in total. The van der Waals surface area contributed by atoms with Crippen LogP contribution < -0.4 is 4.74 Å². The number of carbonyl (C=O) groups excluding carboxylic acids is 2. The van der Waals surface area contributed by atoms with Gasteiger partial charge in [-0.3, -0.25) is 9.59 Å². The summed E-state index contributed by atoms with van der Waals surface area (Å²) in [7, 11) is 1.42. The Morgan fingerprint density at radius 3 is 2.55 bits per heavy atom. The summed E-state index contributed by atoms with van der Waals surface area (Å²) >= 11 is 3.16. The maximum absolute atomic E-state index is 12.8. The minimum atomic E-state index is -0.415. The Labute approximate surface area is 268 Å². The maximum Gasteiger partial charge on any atom is 0.309 e. The van der Waals surface area contributed by atoms with Gasteiger partial charge >= 0.3 is 5.97 Å². The minimum absolute atomic E-state index is 0.0241. The van der Waals surface area contributed by atoms with Crippen molar-refractivity contribution >= 4 is 35.0 Å². The number of carbonyl (C=O) groups is 2. The molecule has 8 heteroatoms. The number of para-hydroxylation sites is 1. The smallest absolute Gasteiger partial charge is 0.309 e. The van der Waals surface area contributed by atoms with E-state index in [-0.39, 0.29) is 23.8 Å². The number of thiophene rings is 1. The van der Waals surface area contributed by atoms with E-state index in [1.54, 1.807) is 18.9 Å². The fraction of sp³-hybridized carbons (Fsp3) is 0.333. The van der Waals surface area contributed by atoms with Crippen molar-refractivity contribution in [3.05, 3.63) is 117 Å². The fourth-order valence-corrected chi connectivity index (χ4v) is 7.65. The lowest BCUT2D eigenvalue weighted by Crippen LogP contribution is -2.31. The van der Waals surface area contributed by atoms with E-state index in [4.69, 9.17) is 14.2 Å². The van der Waals surface area contributed by atoms with Gasteiger partial charge < -0.3 is 14.2 Å². The number of benzene rings is 3. The first-order valence-corrected chi connectivity index (χ1v) is 16.5. The predicted octanol–water partition coefficient (Wildman–Crippen LogP) is 8.08. The van der Waals surface area contributed by atoms with Gasteiger partial charge in [0.15, 0.2) is 5.78 Å². The Kier molecular flexibility index (Phi) is 10.9. The highest BCUT2D eigenvalue weighted by atomic mass is 32.2. The Morgan fingerprint density at radius 1 is 1.02 bits per heavy atom. The van der Waals surface area contributed by atoms with E-state index in [1.165, 1.54) is 29.6 Å². The number of fused-ring (bicyclic) bond motifs is 1. The van der Waals surface area contributed by atoms with Gasteiger partial charge in [0, 0.05) is 30.3 Å². The number of hydrogen-bond donors (Lipinski definition) is 0. The third-order valence-corrected chi connectivity index (χ3v) is 10.2. The zero-order valence-corrected chi connectivity index (χ0v) is 27.3. The second kappa shape index (κ2) is 15.0. The largest absolute Gasteiger partial charge is 0.488 e. The second-order valence-corrected chi connectivity index (χ2v) is 13.4. The molecule has 1 aliphatic heterocycles. The van der Waals surface area contributed by atoms with Crippen molar-refractivity contribution in [3.63, 3.8) is 0 Å². The molecular weight excluding hydrogens is 591 g/mol. The third kappa shape index (κ3) is 7.99. The molecule has 3 aromatic carbocycles. The summed E-state index contributed by atoms with van der Waals surface area (Å²) in [5.74, 6) is 0.00178. The number of rotatable bonds is 12. The molecule has 0 amide bonds. The van der Waals surface area contributed by atoms with Crippen LogP contribution >= 0.6 is 23.3 Å². The van der Waals surface area contributed by atoms with Gasteiger partial charge in [0.05, 0.1) is 36.0 Å². The standard InChI is InChI=1S/C36H39NO5S2/c1-24-14-15-28(35(25(2)36(39)40-4)34-17-16-32(43-34)26(3)38)20-29(24)21-37-22-30(42-31-12-8-9-13-33(31)44-37)18-19-41-23-27-10-6-5-7-11-27/h5-17,20,25,30,35H,18-19,21-23H2,1-4H3. The van der Waals surface area contributed by atoms with E-state index in [0.717, 1.165) is 39.6 Å². The molecule has 0 aliphatic carbocycles. The van der Waals surface area contributed by atoms with E-state index in [2.05, 4.69) is 47.6 Å². The van der Waals surface area contributed by atoms with Crippen LogP contribution in [0.1, 0.15) is 63.0 Å². The van der Waals surface area contributed by atoms with Crippen molar-refractivity contribution in [2.24, 2.45) is 5.92 Å². The van der Waals surface area contributed by atoms with Crippen LogP contribution in [0.4, 0.5) is 0 Å². The van der Waals surface area contributed by atoms with Crippen molar-refractivity contribution in [2.75, 3.05) is 20.3 Å². The van der Waals surface area contributed by atoms with Gasteiger partial charge in [-0.2, -0.15) is 0 Å². The average molecular weight is 630 g/mol. The van der Waals surface area contributed by atoms with E-state index in [1.807, 2.05) is 55.5 Å². The van der Waals surface area contributed by atoms with Gasteiger partial charge in [0.1, 0.15) is 11.9 Å². The van der Waals surface area contributed by atoms with Gasteiger partial charge in [0.25, 0.3) is 0 Å². The van der Waals surface area contributed by atoms with Gasteiger partial charge in [-0.05, 0) is 72.3 Å². The molecule has 230 valence electrons. The van der Waals surface area contributed by atoms with Gasteiger partial charge in [0.2, 0.25) is 0 Å². The van der Waals surface area contributed by atoms with Crippen LogP contribution in [-0.4, -0.2) is 42.4 Å². The number of ketones is 1. The van der Waals surface area contributed by atoms with Crippen LogP contribution in [0.2, 0.25) is 0 Å². The van der Waals surface area contributed by atoms with Crippen molar-refractivity contribution < 1.29 is 23.8 Å². The van der Waals surface area contributed by atoms with Crippen molar-refractivity contribution in [3.8, 4) is 5.75 Å². The normalized spacial score (nSPS) is 16.3. The number of Topliss-reactive ketones (excluding diaryl/α,β-unsaturated/α-hetero) is 1. The SMILES string of the molecule is COC(=O)C(C)C(c1ccc(C)c(CN2CC(CCOCc3ccccc3)Oc3ccccc3S2)c1)c1ccc(C(C)=O)s1. The molecule has 3 atom stereocenters. The summed E-state index contributed by atoms with van der Waals surface area (Å²) < 4.78 is 20.0. The number of nitrogens with zero attached hydrogens (tertiary/aromatic N) is 1. The van der Waals surface area contributed by atoms with Crippen LogP contribution in [0.3, 0.4) is 0 Å². The van der Waals surface area contributed by atoms with Gasteiger partial charge in [-0.25, -0.2) is 4.31 Å². The molecule has 0 saturated carbocycles. The van der Waals surface area contributed by atoms with E-state index < -0.39 is 5.92 Å². The monoisotopic (exact) mass is 629 g/mol. The molecule has 2 heterocycles. The summed E-state index contributed by atoms with van der Waals surface area (Å²) in [5, 5.41) is 0. The summed E-state index contributed by atoms with van der Waals surface area (Å²) in [6.45, 7) is 8.20. The molecule has 0 saturated heterocycles.